The van der Waals surface area contributed by atoms with Gasteiger partial charge in [-0.2, -0.15) is 0 Å². The van der Waals surface area contributed by atoms with Gasteiger partial charge in [-0.05, 0) is 32.1 Å². The lowest BCUT2D eigenvalue weighted by molar-refractivity contribution is -0.122. The van der Waals surface area contributed by atoms with E-state index in [4.69, 9.17) is 4.74 Å². The number of carbonyl (C=O) groups is 1. The van der Waals surface area contributed by atoms with Crippen LogP contribution in [-0.4, -0.2) is 24.7 Å². The molecule has 1 N–H and O–H groups in total. The SMILES string of the molecule is C[C@@H](NC(=O)CCC1CCCC1)[C@H]1CCCO1. The van der Waals surface area contributed by atoms with Crippen LogP contribution in [0.5, 0.6) is 0 Å². The standard InChI is InChI=1S/C14H25NO2/c1-11(13-7-4-10-17-13)15-14(16)9-8-12-5-2-3-6-12/h11-13H,2-10H2,1H3,(H,15,16)/t11-,13-/m1/s1. The quantitative estimate of drug-likeness (QED) is 0.801. The second-order valence-corrected chi connectivity index (χ2v) is 5.60. The van der Waals surface area contributed by atoms with Crippen LogP contribution in [0.3, 0.4) is 0 Å². The molecule has 17 heavy (non-hydrogen) atoms. The zero-order valence-electron chi connectivity index (χ0n) is 10.9. The fourth-order valence-electron chi connectivity index (χ4n) is 3.05. The molecule has 0 aromatic heterocycles. The molecule has 1 heterocycles. The molecular weight excluding hydrogens is 214 g/mol. The maximum atomic E-state index is 11.8. The summed E-state index contributed by atoms with van der Waals surface area (Å²) in [7, 11) is 0. The smallest absolute Gasteiger partial charge is 0.220 e. The highest BCUT2D eigenvalue weighted by molar-refractivity contribution is 5.76. The lowest BCUT2D eigenvalue weighted by Gasteiger charge is -2.20. The van der Waals surface area contributed by atoms with Crippen molar-refractivity contribution in [2.45, 2.75) is 70.4 Å². The summed E-state index contributed by atoms with van der Waals surface area (Å²) in [6, 6.07) is 0.175. The molecule has 2 aliphatic rings. The van der Waals surface area contributed by atoms with E-state index in [0.29, 0.717) is 6.42 Å². The molecule has 3 heteroatoms. The molecule has 1 saturated carbocycles. The van der Waals surface area contributed by atoms with Crippen LogP contribution < -0.4 is 5.32 Å². The Morgan fingerprint density at radius 3 is 2.71 bits per heavy atom. The molecule has 0 spiro atoms. The molecular formula is C14H25NO2. The second kappa shape index (κ2) is 6.39. The van der Waals surface area contributed by atoms with Gasteiger partial charge in [0.05, 0.1) is 12.1 Å². The number of nitrogens with one attached hydrogen (secondary N) is 1. The van der Waals surface area contributed by atoms with Gasteiger partial charge in [0.25, 0.3) is 0 Å². The normalized spacial score (nSPS) is 27.2. The van der Waals surface area contributed by atoms with E-state index in [1.54, 1.807) is 0 Å². The van der Waals surface area contributed by atoms with E-state index in [9.17, 15) is 4.79 Å². The molecule has 1 aliphatic heterocycles. The van der Waals surface area contributed by atoms with Crippen molar-refractivity contribution in [1.82, 2.24) is 5.32 Å². The molecule has 0 bridgehead atoms. The average molecular weight is 239 g/mol. The molecule has 0 aromatic carbocycles. The van der Waals surface area contributed by atoms with E-state index >= 15 is 0 Å². The Morgan fingerprint density at radius 2 is 2.06 bits per heavy atom. The first-order chi connectivity index (χ1) is 8.25. The van der Waals surface area contributed by atoms with Crippen LogP contribution in [0.15, 0.2) is 0 Å². The van der Waals surface area contributed by atoms with Gasteiger partial charge in [0.1, 0.15) is 0 Å². The summed E-state index contributed by atoms with van der Waals surface area (Å²) in [5.41, 5.74) is 0. The summed E-state index contributed by atoms with van der Waals surface area (Å²) < 4.78 is 5.58. The highest BCUT2D eigenvalue weighted by Crippen LogP contribution is 2.28. The van der Waals surface area contributed by atoms with Gasteiger partial charge >= 0.3 is 0 Å². The number of ether oxygens (including phenoxy) is 1. The van der Waals surface area contributed by atoms with Crippen LogP contribution in [0.2, 0.25) is 0 Å². The minimum Gasteiger partial charge on any atom is -0.376 e. The molecule has 3 nitrogen and oxygen atoms in total. The Balaban J connectivity index is 1.62. The predicted molar refractivity (Wildman–Crippen MR) is 67.8 cm³/mol. The highest BCUT2D eigenvalue weighted by atomic mass is 16.5. The van der Waals surface area contributed by atoms with Gasteiger partial charge in [0, 0.05) is 13.0 Å². The maximum absolute atomic E-state index is 11.8. The van der Waals surface area contributed by atoms with Gasteiger partial charge < -0.3 is 10.1 Å². The summed E-state index contributed by atoms with van der Waals surface area (Å²) in [6.45, 7) is 2.91. The Kier molecular flexibility index (Phi) is 4.84. The van der Waals surface area contributed by atoms with Gasteiger partial charge in [-0.15, -0.1) is 0 Å². The number of hydrogen-bond acceptors (Lipinski definition) is 2. The Hall–Kier alpha value is -0.570. The third-order valence-corrected chi connectivity index (χ3v) is 4.17. The number of carbonyl (C=O) groups excluding carboxylic acids is 1. The first-order valence-corrected chi connectivity index (χ1v) is 7.16. The monoisotopic (exact) mass is 239 g/mol. The summed E-state index contributed by atoms with van der Waals surface area (Å²) in [5, 5.41) is 3.08. The molecule has 0 aromatic rings. The number of hydrogen-bond donors (Lipinski definition) is 1. The third-order valence-electron chi connectivity index (χ3n) is 4.17. The number of amides is 1. The molecule has 1 aliphatic carbocycles. The first-order valence-electron chi connectivity index (χ1n) is 7.16. The molecule has 0 radical (unpaired) electrons. The minimum atomic E-state index is 0.175. The zero-order valence-corrected chi connectivity index (χ0v) is 10.9. The summed E-state index contributed by atoms with van der Waals surface area (Å²) >= 11 is 0. The van der Waals surface area contributed by atoms with Crippen molar-refractivity contribution in [3.05, 3.63) is 0 Å². The van der Waals surface area contributed by atoms with E-state index in [0.717, 1.165) is 31.8 Å². The third kappa shape index (κ3) is 3.98. The van der Waals surface area contributed by atoms with Gasteiger partial charge in [-0.3, -0.25) is 4.79 Å². The van der Waals surface area contributed by atoms with Crippen LogP contribution in [0, 0.1) is 5.92 Å². The molecule has 2 fully saturated rings. The van der Waals surface area contributed by atoms with Crippen molar-refractivity contribution in [1.29, 1.82) is 0 Å². The van der Waals surface area contributed by atoms with Crippen LogP contribution in [0.25, 0.3) is 0 Å². The lowest BCUT2D eigenvalue weighted by Crippen LogP contribution is -2.40. The Bertz CT molecular complexity index is 243. The topological polar surface area (TPSA) is 38.3 Å². The van der Waals surface area contributed by atoms with Crippen LogP contribution in [-0.2, 0) is 9.53 Å². The predicted octanol–water partition coefficient (Wildman–Crippen LogP) is 2.64. The van der Waals surface area contributed by atoms with Crippen LogP contribution in [0.4, 0.5) is 0 Å². The lowest BCUT2D eigenvalue weighted by atomic mass is 10.0. The van der Waals surface area contributed by atoms with Crippen LogP contribution in [0.1, 0.15) is 58.3 Å². The van der Waals surface area contributed by atoms with Crippen molar-refractivity contribution in [2.75, 3.05) is 6.61 Å². The number of rotatable bonds is 5. The largest absolute Gasteiger partial charge is 0.376 e. The van der Waals surface area contributed by atoms with E-state index in [2.05, 4.69) is 12.2 Å². The van der Waals surface area contributed by atoms with Crippen molar-refractivity contribution < 1.29 is 9.53 Å². The first kappa shape index (κ1) is 12.9. The summed E-state index contributed by atoms with van der Waals surface area (Å²) in [4.78, 5) is 11.8. The van der Waals surface area contributed by atoms with E-state index < -0.39 is 0 Å². The summed E-state index contributed by atoms with van der Waals surface area (Å²) in [5.74, 6) is 1.01. The Labute approximate surface area is 104 Å². The van der Waals surface area contributed by atoms with Crippen molar-refractivity contribution in [2.24, 2.45) is 5.92 Å². The minimum absolute atomic E-state index is 0.175. The van der Waals surface area contributed by atoms with Gasteiger partial charge in [0.2, 0.25) is 5.91 Å². The van der Waals surface area contributed by atoms with Crippen molar-refractivity contribution >= 4 is 5.91 Å². The van der Waals surface area contributed by atoms with E-state index in [1.807, 2.05) is 0 Å². The molecule has 1 saturated heterocycles. The fraction of sp³-hybridized carbons (Fsp3) is 0.929. The molecule has 2 atom stereocenters. The van der Waals surface area contributed by atoms with Gasteiger partial charge in [0.15, 0.2) is 0 Å². The van der Waals surface area contributed by atoms with Gasteiger partial charge in [-0.1, -0.05) is 25.7 Å². The second-order valence-electron chi connectivity index (χ2n) is 5.60. The van der Waals surface area contributed by atoms with Crippen LogP contribution >= 0.6 is 0 Å². The van der Waals surface area contributed by atoms with Gasteiger partial charge in [-0.25, -0.2) is 0 Å². The maximum Gasteiger partial charge on any atom is 0.220 e. The molecule has 2 rings (SSSR count). The van der Waals surface area contributed by atoms with E-state index in [1.165, 1.54) is 25.7 Å². The Morgan fingerprint density at radius 1 is 1.29 bits per heavy atom. The molecule has 0 unspecified atom stereocenters. The average Bonchev–Trinajstić information content (AvgIpc) is 2.99. The zero-order chi connectivity index (χ0) is 12.1. The van der Waals surface area contributed by atoms with Crippen molar-refractivity contribution in [3.8, 4) is 0 Å². The fourth-order valence-corrected chi connectivity index (χ4v) is 3.05. The molecule has 1 amide bonds. The highest BCUT2D eigenvalue weighted by Gasteiger charge is 2.24. The summed E-state index contributed by atoms with van der Waals surface area (Å²) in [6.07, 6.45) is 9.61. The van der Waals surface area contributed by atoms with Crippen molar-refractivity contribution in [3.63, 3.8) is 0 Å². The molecule has 98 valence electrons. The van der Waals surface area contributed by atoms with E-state index in [-0.39, 0.29) is 18.1 Å².